The van der Waals surface area contributed by atoms with Crippen molar-refractivity contribution in [2.45, 2.75) is 39.5 Å². The van der Waals surface area contributed by atoms with Crippen LogP contribution in [0.25, 0.3) is 0 Å². The van der Waals surface area contributed by atoms with Crippen LogP contribution in [0.3, 0.4) is 0 Å². The Bertz CT molecular complexity index is 541. The van der Waals surface area contributed by atoms with Crippen molar-refractivity contribution in [1.29, 1.82) is 5.26 Å². The van der Waals surface area contributed by atoms with Gasteiger partial charge in [0.1, 0.15) is 5.82 Å². The zero-order valence-electron chi connectivity index (χ0n) is 14.2. The number of hydrogen-bond acceptors (Lipinski definition) is 4. The second kappa shape index (κ2) is 8.52. The SMILES string of the molecule is CC(C)CCN(CCC#N)C(=O)c1ccc(N2CCCC2)nc1. The first kappa shape index (κ1) is 17.3. The van der Waals surface area contributed by atoms with Gasteiger partial charge >= 0.3 is 0 Å². The first-order chi connectivity index (χ1) is 11.1. The van der Waals surface area contributed by atoms with Gasteiger partial charge in [-0.05, 0) is 37.3 Å². The summed E-state index contributed by atoms with van der Waals surface area (Å²) in [5, 5.41) is 8.80. The van der Waals surface area contributed by atoms with Crippen molar-refractivity contribution in [3.8, 4) is 6.07 Å². The van der Waals surface area contributed by atoms with E-state index in [0.717, 1.165) is 25.3 Å². The highest BCUT2D eigenvalue weighted by Crippen LogP contribution is 2.18. The number of anilines is 1. The van der Waals surface area contributed by atoms with Crippen LogP contribution in [0.2, 0.25) is 0 Å². The minimum Gasteiger partial charge on any atom is -0.357 e. The number of carbonyl (C=O) groups is 1. The van der Waals surface area contributed by atoms with Crippen molar-refractivity contribution in [2.24, 2.45) is 5.92 Å². The molecule has 124 valence electrons. The van der Waals surface area contributed by atoms with Crippen molar-refractivity contribution in [3.63, 3.8) is 0 Å². The predicted octanol–water partition coefficient (Wildman–Crippen LogP) is 3.08. The molecular weight excluding hydrogens is 288 g/mol. The zero-order chi connectivity index (χ0) is 16.7. The number of nitriles is 1. The van der Waals surface area contributed by atoms with E-state index in [1.807, 2.05) is 12.1 Å². The normalized spacial score (nSPS) is 14.1. The van der Waals surface area contributed by atoms with Gasteiger partial charge in [0, 0.05) is 32.4 Å². The molecule has 1 fully saturated rings. The number of carbonyl (C=O) groups excluding carboxylic acids is 1. The fourth-order valence-corrected chi connectivity index (χ4v) is 2.74. The van der Waals surface area contributed by atoms with Gasteiger partial charge in [0.25, 0.3) is 5.91 Å². The number of nitrogens with zero attached hydrogens (tertiary/aromatic N) is 4. The number of amides is 1. The van der Waals surface area contributed by atoms with Gasteiger partial charge in [0.2, 0.25) is 0 Å². The molecule has 0 unspecified atom stereocenters. The summed E-state index contributed by atoms with van der Waals surface area (Å²) < 4.78 is 0. The molecule has 5 heteroatoms. The molecule has 5 nitrogen and oxygen atoms in total. The summed E-state index contributed by atoms with van der Waals surface area (Å²) in [5.74, 6) is 1.45. The van der Waals surface area contributed by atoms with Crippen LogP contribution in [0.15, 0.2) is 18.3 Å². The van der Waals surface area contributed by atoms with E-state index in [4.69, 9.17) is 5.26 Å². The average molecular weight is 314 g/mol. The van der Waals surface area contributed by atoms with E-state index in [9.17, 15) is 4.79 Å². The van der Waals surface area contributed by atoms with Crippen LogP contribution >= 0.6 is 0 Å². The maximum atomic E-state index is 12.7. The summed E-state index contributed by atoms with van der Waals surface area (Å²) in [7, 11) is 0. The van der Waals surface area contributed by atoms with E-state index in [1.54, 1.807) is 11.1 Å². The summed E-state index contributed by atoms with van der Waals surface area (Å²) in [6, 6.07) is 5.92. The molecular formula is C18H26N4O. The first-order valence-electron chi connectivity index (χ1n) is 8.49. The van der Waals surface area contributed by atoms with Crippen LogP contribution in [0.5, 0.6) is 0 Å². The molecule has 1 aliphatic heterocycles. The maximum Gasteiger partial charge on any atom is 0.255 e. The highest BCUT2D eigenvalue weighted by atomic mass is 16.2. The first-order valence-corrected chi connectivity index (χ1v) is 8.49. The van der Waals surface area contributed by atoms with Crippen molar-refractivity contribution in [3.05, 3.63) is 23.9 Å². The van der Waals surface area contributed by atoms with Gasteiger partial charge in [-0.15, -0.1) is 0 Å². The lowest BCUT2D eigenvalue weighted by molar-refractivity contribution is 0.0751. The van der Waals surface area contributed by atoms with Gasteiger partial charge in [0.15, 0.2) is 0 Å². The van der Waals surface area contributed by atoms with E-state index in [0.29, 0.717) is 31.0 Å². The molecule has 1 aromatic rings. The zero-order valence-corrected chi connectivity index (χ0v) is 14.2. The average Bonchev–Trinajstić information content (AvgIpc) is 3.09. The lowest BCUT2D eigenvalue weighted by atomic mass is 10.1. The van der Waals surface area contributed by atoms with Crippen LogP contribution < -0.4 is 4.90 Å². The lowest BCUT2D eigenvalue weighted by Crippen LogP contribution is -2.33. The molecule has 1 saturated heterocycles. The third-order valence-corrected chi connectivity index (χ3v) is 4.18. The van der Waals surface area contributed by atoms with Gasteiger partial charge in [0.05, 0.1) is 18.1 Å². The summed E-state index contributed by atoms with van der Waals surface area (Å²) in [5.41, 5.74) is 0.606. The summed E-state index contributed by atoms with van der Waals surface area (Å²) in [4.78, 5) is 21.1. The van der Waals surface area contributed by atoms with E-state index in [2.05, 4.69) is 29.8 Å². The summed E-state index contributed by atoms with van der Waals surface area (Å²) in [6.07, 6.45) is 5.39. The minimum atomic E-state index is -0.0265. The molecule has 0 bridgehead atoms. The van der Waals surface area contributed by atoms with Crippen LogP contribution in [0.4, 0.5) is 5.82 Å². The van der Waals surface area contributed by atoms with Crippen molar-refractivity contribution in [1.82, 2.24) is 9.88 Å². The molecule has 0 radical (unpaired) electrons. The van der Waals surface area contributed by atoms with Crippen LogP contribution in [-0.2, 0) is 0 Å². The summed E-state index contributed by atoms with van der Waals surface area (Å²) >= 11 is 0. The second-order valence-corrected chi connectivity index (χ2v) is 6.48. The standard InChI is InChI=1S/C18H26N4O/c1-15(2)8-13-22(12-5-9-19)18(23)16-6-7-17(20-14-16)21-10-3-4-11-21/h6-7,14-15H,3-5,8,10-13H2,1-2H3. The maximum absolute atomic E-state index is 12.7. The molecule has 1 aromatic heterocycles. The van der Waals surface area contributed by atoms with E-state index in [1.165, 1.54) is 12.8 Å². The van der Waals surface area contributed by atoms with Crippen LogP contribution in [-0.4, -0.2) is 42.0 Å². The van der Waals surface area contributed by atoms with E-state index < -0.39 is 0 Å². The molecule has 0 N–H and O–H groups in total. The third kappa shape index (κ3) is 4.95. The van der Waals surface area contributed by atoms with Crippen LogP contribution in [0.1, 0.15) is 49.9 Å². The molecule has 0 aliphatic carbocycles. The van der Waals surface area contributed by atoms with Gasteiger partial charge in [-0.2, -0.15) is 5.26 Å². The van der Waals surface area contributed by atoms with Crippen LogP contribution in [0, 0.1) is 17.2 Å². The Morgan fingerprint density at radius 1 is 1.35 bits per heavy atom. The molecule has 23 heavy (non-hydrogen) atoms. The Hall–Kier alpha value is -2.09. The highest BCUT2D eigenvalue weighted by Gasteiger charge is 2.18. The molecule has 0 aromatic carbocycles. The Morgan fingerprint density at radius 2 is 2.09 bits per heavy atom. The van der Waals surface area contributed by atoms with Crippen molar-refractivity contribution in [2.75, 3.05) is 31.1 Å². The lowest BCUT2D eigenvalue weighted by Gasteiger charge is -2.23. The smallest absolute Gasteiger partial charge is 0.255 e. The minimum absolute atomic E-state index is 0.0265. The topological polar surface area (TPSA) is 60.2 Å². The highest BCUT2D eigenvalue weighted by molar-refractivity contribution is 5.94. The quantitative estimate of drug-likeness (QED) is 0.776. The van der Waals surface area contributed by atoms with Gasteiger partial charge in [-0.1, -0.05) is 13.8 Å². The Balaban J connectivity index is 2.03. The molecule has 0 saturated carbocycles. The second-order valence-electron chi connectivity index (χ2n) is 6.48. The van der Waals surface area contributed by atoms with Gasteiger partial charge < -0.3 is 9.80 Å². The molecule has 2 heterocycles. The Morgan fingerprint density at radius 3 is 2.65 bits per heavy atom. The van der Waals surface area contributed by atoms with Gasteiger partial charge in [-0.25, -0.2) is 4.98 Å². The molecule has 1 amide bonds. The largest absolute Gasteiger partial charge is 0.357 e. The molecule has 2 rings (SSSR count). The van der Waals surface area contributed by atoms with Crippen molar-refractivity contribution < 1.29 is 4.79 Å². The number of aromatic nitrogens is 1. The van der Waals surface area contributed by atoms with E-state index in [-0.39, 0.29) is 5.91 Å². The molecule has 0 atom stereocenters. The molecule has 1 aliphatic rings. The molecule has 0 spiro atoms. The fourth-order valence-electron chi connectivity index (χ4n) is 2.74. The van der Waals surface area contributed by atoms with Crippen molar-refractivity contribution >= 4 is 11.7 Å². The monoisotopic (exact) mass is 314 g/mol. The predicted molar refractivity (Wildman–Crippen MR) is 91.3 cm³/mol. The van der Waals surface area contributed by atoms with Gasteiger partial charge in [-0.3, -0.25) is 4.79 Å². The number of hydrogen-bond donors (Lipinski definition) is 0. The van der Waals surface area contributed by atoms with E-state index >= 15 is 0 Å². The summed E-state index contributed by atoms with van der Waals surface area (Å²) in [6.45, 7) is 7.53. The number of rotatable bonds is 7. The Labute approximate surface area is 138 Å². The third-order valence-electron chi connectivity index (χ3n) is 4.18. The Kier molecular flexibility index (Phi) is 6.40. The number of pyridine rings is 1. The fraction of sp³-hybridized carbons (Fsp3) is 0.611.